The molecule has 3 rings (SSSR count). The molecule has 2 N–H and O–H groups in total. The summed E-state index contributed by atoms with van der Waals surface area (Å²) >= 11 is 0. The maximum atomic E-state index is 12.6. The van der Waals surface area contributed by atoms with Crippen molar-refractivity contribution in [3.63, 3.8) is 0 Å². The van der Waals surface area contributed by atoms with Crippen LogP contribution in [-0.4, -0.2) is 4.57 Å². The lowest BCUT2D eigenvalue weighted by Crippen LogP contribution is -2.27. The Balaban J connectivity index is 2.35. The highest BCUT2D eigenvalue weighted by Crippen LogP contribution is 2.25. The number of nitrogens with two attached hydrogens (primary N) is 1. The molecule has 0 radical (unpaired) electrons. The van der Waals surface area contributed by atoms with Crippen LogP contribution in [0.4, 0.5) is 0 Å². The van der Waals surface area contributed by atoms with Crippen LogP contribution in [0.15, 0.2) is 35.1 Å². The van der Waals surface area contributed by atoms with Crippen LogP contribution in [0, 0.1) is 6.92 Å². The van der Waals surface area contributed by atoms with Crippen LogP contribution < -0.4 is 11.3 Å². The van der Waals surface area contributed by atoms with Gasteiger partial charge in [0.15, 0.2) is 0 Å². The van der Waals surface area contributed by atoms with Gasteiger partial charge in [0.05, 0.1) is 5.69 Å². The van der Waals surface area contributed by atoms with Crippen molar-refractivity contribution in [2.75, 3.05) is 0 Å². The fourth-order valence-electron chi connectivity index (χ4n) is 2.92. The Hall–Kier alpha value is -1.87. The molecule has 0 fully saturated rings. The minimum absolute atomic E-state index is 0.0393. The van der Waals surface area contributed by atoms with E-state index < -0.39 is 0 Å². The van der Waals surface area contributed by atoms with Gasteiger partial charge >= 0.3 is 0 Å². The second kappa shape index (κ2) is 4.67. The zero-order chi connectivity index (χ0) is 13.4. The molecular formula is C16H18N2O. The van der Waals surface area contributed by atoms with E-state index in [0.717, 1.165) is 36.2 Å². The molecule has 0 unspecified atom stereocenters. The lowest BCUT2D eigenvalue weighted by Gasteiger charge is -2.16. The number of para-hydroxylation sites is 1. The predicted molar refractivity (Wildman–Crippen MR) is 76.7 cm³/mol. The summed E-state index contributed by atoms with van der Waals surface area (Å²) in [6.45, 7) is 2.34. The van der Waals surface area contributed by atoms with Crippen LogP contribution in [0.5, 0.6) is 0 Å². The molecule has 1 aliphatic carbocycles. The van der Waals surface area contributed by atoms with Gasteiger partial charge in [-0.25, -0.2) is 0 Å². The van der Waals surface area contributed by atoms with Gasteiger partial charge in [0.2, 0.25) is 0 Å². The maximum Gasteiger partial charge on any atom is 0.259 e. The van der Waals surface area contributed by atoms with E-state index in [-0.39, 0.29) is 5.56 Å². The number of rotatable bonds is 2. The van der Waals surface area contributed by atoms with E-state index in [0.29, 0.717) is 12.1 Å². The molecule has 0 spiro atoms. The third-order valence-electron chi connectivity index (χ3n) is 3.90. The number of benzene rings is 1. The van der Waals surface area contributed by atoms with Gasteiger partial charge in [0.25, 0.3) is 5.56 Å². The summed E-state index contributed by atoms with van der Waals surface area (Å²) in [5.41, 5.74) is 11.0. The second-order valence-electron chi connectivity index (χ2n) is 5.13. The fraction of sp³-hybridized carbons (Fsp3) is 0.312. The smallest absolute Gasteiger partial charge is 0.259 e. The Bertz CT molecular complexity index is 686. The molecule has 3 nitrogen and oxygen atoms in total. The van der Waals surface area contributed by atoms with E-state index in [9.17, 15) is 4.79 Å². The third-order valence-corrected chi connectivity index (χ3v) is 3.90. The van der Waals surface area contributed by atoms with Gasteiger partial charge < -0.3 is 5.73 Å². The molecule has 19 heavy (non-hydrogen) atoms. The summed E-state index contributed by atoms with van der Waals surface area (Å²) in [5.74, 6) is 0. The third kappa shape index (κ3) is 1.90. The van der Waals surface area contributed by atoms with Crippen molar-refractivity contribution >= 4 is 0 Å². The summed E-state index contributed by atoms with van der Waals surface area (Å²) in [7, 11) is 0. The standard InChI is InChI=1S/C16H18N2O/c1-11-5-2-3-7-14(11)18-15-8-4-6-12(15)9-13(10-17)16(18)19/h2-3,5,7,9H,4,6,8,10,17H2,1H3. The molecule has 0 saturated carbocycles. The van der Waals surface area contributed by atoms with Gasteiger partial charge in [-0.1, -0.05) is 18.2 Å². The first-order valence-electron chi connectivity index (χ1n) is 6.75. The molecule has 0 aliphatic heterocycles. The van der Waals surface area contributed by atoms with Gasteiger partial charge in [-0.05, 0) is 49.4 Å². The van der Waals surface area contributed by atoms with E-state index in [2.05, 4.69) is 0 Å². The first kappa shape index (κ1) is 12.2. The SMILES string of the molecule is Cc1ccccc1-n1c2c(cc(CN)c1=O)CCC2. The van der Waals surface area contributed by atoms with Crippen molar-refractivity contribution < 1.29 is 0 Å². The van der Waals surface area contributed by atoms with Gasteiger partial charge in [-0.2, -0.15) is 0 Å². The number of hydrogen-bond donors (Lipinski definition) is 1. The predicted octanol–water partition coefficient (Wildman–Crippen LogP) is 2.09. The number of fused-ring (bicyclic) bond motifs is 1. The Kier molecular flexibility index (Phi) is 2.99. The van der Waals surface area contributed by atoms with E-state index in [1.165, 1.54) is 5.56 Å². The molecular weight excluding hydrogens is 236 g/mol. The molecule has 2 aromatic rings. The summed E-state index contributed by atoms with van der Waals surface area (Å²) in [6.07, 6.45) is 3.15. The van der Waals surface area contributed by atoms with Crippen molar-refractivity contribution in [2.45, 2.75) is 32.7 Å². The van der Waals surface area contributed by atoms with Gasteiger partial charge in [0, 0.05) is 17.8 Å². The summed E-state index contributed by atoms with van der Waals surface area (Å²) in [4.78, 5) is 12.6. The van der Waals surface area contributed by atoms with Gasteiger partial charge in [-0.15, -0.1) is 0 Å². The highest BCUT2D eigenvalue weighted by molar-refractivity contribution is 5.45. The largest absolute Gasteiger partial charge is 0.326 e. The van der Waals surface area contributed by atoms with Crippen molar-refractivity contribution in [2.24, 2.45) is 5.73 Å². The van der Waals surface area contributed by atoms with Crippen LogP contribution in [0.2, 0.25) is 0 Å². The number of nitrogens with zero attached hydrogens (tertiary/aromatic N) is 1. The Morgan fingerprint density at radius 1 is 1.26 bits per heavy atom. The number of pyridine rings is 1. The highest BCUT2D eigenvalue weighted by atomic mass is 16.1. The van der Waals surface area contributed by atoms with E-state index in [1.54, 1.807) is 0 Å². The molecule has 1 aromatic carbocycles. The molecule has 3 heteroatoms. The minimum Gasteiger partial charge on any atom is -0.326 e. The maximum absolute atomic E-state index is 12.6. The van der Waals surface area contributed by atoms with Crippen LogP contribution in [0.25, 0.3) is 5.69 Å². The second-order valence-corrected chi connectivity index (χ2v) is 5.13. The zero-order valence-corrected chi connectivity index (χ0v) is 11.1. The fourth-order valence-corrected chi connectivity index (χ4v) is 2.92. The van der Waals surface area contributed by atoms with Crippen LogP contribution in [-0.2, 0) is 19.4 Å². The molecule has 0 saturated heterocycles. The molecule has 1 aromatic heterocycles. The molecule has 0 amide bonds. The Morgan fingerprint density at radius 2 is 2.05 bits per heavy atom. The Morgan fingerprint density at radius 3 is 2.79 bits per heavy atom. The number of aryl methyl sites for hydroxylation is 2. The Labute approximate surface area is 112 Å². The van der Waals surface area contributed by atoms with Crippen LogP contribution >= 0.6 is 0 Å². The first-order chi connectivity index (χ1) is 9.22. The van der Waals surface area contributed by atoms with Crippen molar-refractivity contribution in [1.29, 1.82) is 0 Å². The molecule has 0 atom stereocenters. The summed E-state index contributed by atoms with van der Waals surface area (Å²) in [5, 5.41) is 0. The highest BCUT2D eigenvalue weighted by Gasteiger charge is 2.20. The molecule has 0 bridgehead atoms. The van der Waals surface area contributed by atoms with E-state index >= 15 is 0 Å². The molecule has 1 aliphatic rings. The average molecular weight is 254 g/mol. The lowest BCUT2D eigenvalue weighted by atomic mass is 10.1. The van der Waals surface area contributed by atoms with Crippen molar-refractivity contribution in [3.05, 3.63) is 63.1 Å². The minimum atomic E-state index is 0.0393. The van der Waals surface area contributed by atoms with E-state index in [1.807, 2.05) is 41.8 Å². The zero-order valence-electron chi connectivity index (χ0n) is 11.1. The normalized spacial score (nSPS) is 13.6. The monoisotopic (exact) mass is 254 g/mol. The molecule has 1 heterocycles. The molecule has 98 valence electrons. The topological polar surface area (TPSA) is 48.0 Å². The number of hydrogen-bond acceptors (Lipinski definition) is 2. The van der Waals surface area contributed by atoms with E-state index in [4.69, 9.17) is 5.73 Å². The lowest BCUT2D eigenvalue weighted by molar-refractivity contribution is 0.834. The first-order valence-corrected chi connectivity index (χ1v) is 6.75. The van der Waals surface area contributed by atoms with Crippen molar-refractivity contribution in [1.82, 2.24) is 4.57 Å². The van der Waals surface area contributed by atoms with Gasteiger partial charge in [0.1, 0.15) is 0 Å². The average Bonchev–Trinajstić information content (AvgIpc) is 2.87. The van der Waals surface area contributed by atoms with Crippen molar-refractivity contribution in [3.8, 4) is 5.69 Å². The summed E-state index contributed by atoms with van der Waals surface area (Å²) in [6, 6.07) is 10.0. The van der Waals surface area contributed by atoms with Crippen LogP contribution in [0.3, 0.4) is 0 Å². The van der Waals surface area contributed by atoms with Crippen LogP contribution in [0.1, 0.15) is 28.8 Å². The quantitative estimate of drug-likeness (QED) is 0.892. The number of aromatic nitrogens is 1. The van der Waals surface area contributed by atoms with Gasteiger partial charge in [-0.3, -0.25) is 9.36 Å². The summed E-state index contributed by atoms with van der Waals surface area (Å²) < 4.78 is 1.87.